The number of carbonyl (C=O) groups is 1. The summed E-state index contributed by atoms with van der Waals surface area (Å²) in [4.78, 5) is 16.5. The van der Waals surface area contributed by atoms with Gasteiger partial charge in [0.2, 0.25) is 0 Å². The number of halogens is 4. The summed E-state index contributed by atoms with van der Waals surface area (Å²) in [6.45, 7) is 0. The summed E-state index contributed by atoms with van der Waals surface area (Å²) < 4.78 is 47.6. The number of aromatic nitrogens is 2. The number of hydrogen-bond acceptors (Lipinski definition) is 3. The summed E-state index contributed by atoms with van der Waals surface area (Å²) in [5, 5.41) is 1.24. The standard InChI is InChI=1S/C6H3F4N3O/c7-3-4(12-2-1-11-3)13-5(14)6(8,9)10/h1-2H,(H,12,13,14). The average Bonchev–Trinajstić information content (AvgIpc) is 2.07. The molecule has 1 N–H and O–H groups in total. The first-order chi connectivity index (χ1) is 6.41. The molecule has 0 unspecified atom stereocenters. The topological polar surface area (TPSA) is 54.9 Å². The van der Waals surface area contributed by atoms with Crippen molar-refractivity contribution in [2.45, 2.75) is 6.18 Å². The monoisotopic (exact) mass is 209 g/mol. The Bertz CT molecular complexity index is 351. The highest BCUT2D eigenvalue weighted by Crippen LogP contribution is 2.17. The van der Waals surface area contributed by atoms with Crippen LogP contribution in [-0.4, -0.2) is 22.1 Å². The van der Waals surface area contributed by atoms with Crippen molar-refractivity contribution in [2.75, 3.05) is 5.32 Å². The van der Waals surface area contributed by atoms with Crippen molar-refractivity contribution in [1.29, 1.82) is 0 Å². The van der Waals surface area contributed by atoms with Crippen LogP contribution in [0.2, 0.25) is 0 Å². The van der Waals surface area contributed by atoms with E-state index in [0.29, 0.717) is 0 Å². The summed E-state index contributed by atoms with van der Waals surface area (Å²) >= 11 is 0. The first-order valence-electron chi connectivity index (χ1n) is 3.26. The maximum absolute atomic E-state index is 12.6. The van der Waals surface area contributed by atoms with Gasteiger partial charge in [0.05, 0.1) is 0 Å². The van der Waals surface area contributed by atoms with Crippen LogP contribution < -0.4 is 5.32 Å². The van der Waals surface area contributed by atoms with E-state index < -0.39 is 23.8 Å². The number of rotatable bonds is 1. The van der Waals surface area contributed by atoms with Gasteiger partial charge in [-0.05, 0) is 0 Å². The van der Waals surface area contributed by atoms with Gasteiger partial charge in [-0.3, -0.25) is 10.1 Å². The molecule has 0 aliphatic heterocycles. The Labute approximate surface area is 75.0 Å². The Morgan fingerprint density at radius 3 is 2.36 bits per heavy atom. The van der Waals surface area contributed by atoms with Gasteiger partial charge >= 0.3 is 12.1 Å². The van der Waals surface area contributed by atoms with Crippen LogP contribution in [0, 0.1) is 5.95 Å². The van der Waals surface area contributed by atoms with E-state index >= 15 is 0 Å². The van der Waals surface area contributed by atoms with Gasteiger partial charge < -0.3 is 0 Å². The predicted molar refractivity (Wildman–Crippen MR) is 36.7 cm³/mol. The molecule has 14 heavy (non-hydrogen) atoms. The molecule has 8 heteroatoms. The summed E-state index contributed by atoms with van der Waals surface area (Å²) in [6.07, 6.45) is -3.18. The second kappa shape index (κ2) is 3.56. The maximum atomic E-state index is 12.6. The molecule has 1 heterocycles. The lowest BCUT2D eigenvalue weighted by Gasteiger charge is -2.06. The fourth-order valence-electron chi connectivity index (χ4n) is 0.583. The van der Waals surface area contributed by atoms with Gasteiger partial charge in [-0.2, -0.15) is 17.6 Å². The first-order valence-corrected chi connectivity index (χ1v) is 3.26. The summed E-state index contributed by atoms with van der Waals surface area (Å²) in [6, 6.07) is 0. The zero-order valence-corrected chi connectivity index (χ0v) is 6.47. The number of nitrogens with zero attached hydrogens (tertiary/aromatic N) is 2. The van der Waals surface area contributed by atoms with Crippen LogP contribution in [0.15, 0.2) is 12.4 Å². The Kier molecular flexibility index (Phi) is 2.63. The molecule has 1 aromatic heterocycles. The van der Waals surface area contributed by atoms with Gasteiger partial charge in [-0.15, -0.1) is 0 Å². The van der Waals surface area contributed by atoms with Gasteiger partial charge in [0.1, 0.15) is 0 Å². The summed E-state index contributed by atoms with van der Waals surface area (Å²) in [5.74, 6) is -4.42. The second-order valence-electron chi connectivity index (χ2n) is 2.15. The molecule has 0 bridgehead atoms. The molecule has 0 aromatic carbocycles. The van der Waals surface area contributed by atoms with Gasteiger partial charge in [0.25, 0.3) is 5.95 Å². The number of alkyl halides is 3. The average molecular weight is 209 g/mol. The Hall–Kier alpha value is -1.73. The molecule has 4 nitrogen and oxygen atoms in total. The lowest BCUT2D eigenvalue weighted by molar-refractivity contribution is -0.167. The minimum Gasteiger partial charge on any atom is -0.299 e. The van der Waals surface area contributed by atoms with Crippen LogP contribution in [0.3, 0.4) is 0 Å². The fourth-order valence-corrected chi connectivity index (χ4v) is 0.583. The van der Waals surface area contributed by atoms with E-state index in [2.05, 4.69) is 9.97 Å². The Morgan fingerprint density at radius 1 is 1.29 bits per heavy atom. The van der Waals surface area contributed by atoms with E-state index in [4.69, 9.17) is 0 Å². The SMILES string of the molecule is O=C(Nc1nccnc1F)C(F)(F)F. The van der Waals surface area contributed by atoms with Crippen molar-refractivity contribution in [3.05, 3.63) is 18.3 Å². The smallest absolute Gasteiger partial charge is 0.299 e. The van der Waals surface area contributed by atoms with Crippen LogP contribution in [0.25, 0.3) is 0 Å². The van der Waals surface area contributed by atoms with Crippen molar-refractivity contribution in [3.8, 4) is 0 Å². The zero-order chi connectivity index (χ0) is 10.8. The van der Waals surface area contributed by atoms with Crippen molar-refractivity contribution < 1.29 is 22.4 Å². The molecule has 1 amide bonds. The second-order valence-corrected chi connectivity index (χ2v) is 2.15. The van der Waals surface area contributed by atoms with Crippen molar-refractivity contribution in [3.63, 3.8) is 0 Å². The van der Waals surface area contributed by atoms with E-state index in [1.807, 2.05) is 0 Å². The molecule has 1 aromatic rings. The van der Waals surface area contributed by atoms with Crippen LogP contribution in [0.4, 0.5) is 23.4 Å². The summed E-state index contributed by atoms with van der Waals surface area (Å²) in [5.41, 5.74) is 0. The summed E-state index contributed by atoms with van der Waals surface area (Å²) in [7, 11) is 0. The number of nitrogens with one attached hydrogen (secondary N) is 1. The third-order valence-corrected chi connectivity index (χ3v) is 1.14. The molecule has 0 fully saturated rings. The quantitative estimate of drug-likeness (QED) is 0.705. The largest absolute Gasteiger partial charge is 0.471 e. The van der Waals surface area contributed by atoms with E-state index in [0.717, 1.165) is 12.4 Å². The molecule has 0 atom stereocenters. The Balaban J connectivity index is 2.80. The Morgan fingerprint density at radius 2 is 1.86 bits per heavy atom. The van der Waals surface area contributed by atoms with E-state index in [1.165, 1.54) is 5.32 Å². The van der Waals surface area contributed by atoms with E-state index in [-0.39, 0.29) is 0 Å². The molecule has 1 rings (SSSR count). The molecule has 0 aliphatic rings. The molecule has 0 radical (unpaired) electrons. The molecule has 0 aliphatic carbocycles. The molecule has 0 saturated heterocycles. The third kappa shape index (κ3) is 2.38. The number of amides is 1. The van der Waals surface area contributed by atoms with Crippen LogP contribution in [0.1, 0.15) is 0 Å². The van der Waals surface area contributed by atoms with Crippen molar-refractivity contribution in [2.24, 2.45) is 0 Å². The van der Waals surface area contributed by atoms with Crippen molar-refractivity contribution >= 4 is 11.7 Å². The van der Waals surface area contributed by atoms with Gasteiger partial charge in [0.15, 0.2) is 5.82 Å². The predicted octanol–water partition coefficient (Wildman–Crippen LogP) is 1.12. The first kappa shape index (κ1) is 10.4. The zero-order valence-electron chi connectivity index (χ0n) is 6.47. The highest BCUT2D eigenvalue weighted by atomic mass is 19.4. The maximum Gasteiger partial charge on any atom is 0.471 e. The molecule has 0 spiro atoms. The minimum atomic E-state index is -5.08. The number of anilines is 1. The van der Waals surface area contributed by atoms with Crippen LogP contribution >= 0.6 is 0 Å². The van der Waals surface area contributed by atoms with Gasteiger partial charge in [-0.25, -0.2) is 9.97 Å². The normalized spacial score (nSPS) is 11.1. The van der Waals surface area contributed by atoms with E-state index in [1.54, 1.807) is 0 Å². The minimum absolute atomic E-state index is 0.852. The number of carbonyl (C=O) groups excluding carboxylic acids is 1. The van der Waals surface area contributed by atoms with Gasteiger partial charge in [0, 0.05) is 12.4 Å². The highest BCUT2D eigenvalue weighted by Gasteiger charge is 2.39. The highest BCUT2D eigenvalue weighted by molar-refractivity contribution is 5.94. The van der Waals surface area contributed by atoms with E-state index in [9.17, 15) is 22.4 Å². The van der Waals surface area contributed by atoms with Crippen LogP contribution in [-0.2, 0) is 4.79 Å². The lowest BCUT2D eigenvalue weighted by Crippen LogP contribution is -2.30. The van der Waals surface area contributed by atoms with Gasteiger partial charge in [-0.1, -0.05) is 0 Å². The molecular formula is C6H3F4N3O. The number of hydrogen-bond donors (Lipinski definition) is 1. The molecule has 0 saturated carbocycles. The molecular weight excluding hydrogens is 206 g/mol. The fraction of sp³-hybridized carbons (Fsp3) is 0.167. The molecule has 76 valence electrons. The third-order valence-electron chi connectivity index (χ3n) is 1.14. The van der Waals surface area contributed by atoms with Crippen molar-refractivity contribution in [1.82, 2.24) is 9.97 Å². The van der Waals surface area contributed by atoms with Crippen LogP contribution in [0.5, 0.6) is 0 Å². The lowest BCUT2D eigenvalue weighted by atomic mass is 10.5.